The third-order valence-electron chi connectivity index (χ3n) is 7.25. The summed E-state index contributed by atoms with van der Waals surface area (Å²) in [5.41, 5.74) is 17.1. The highest BCUT2D eigenvalue weighted by atomic mass is 16.4. The molecule has 0 aliphatic heterocycles. The van der Waals surface area contributed by atoms with Gasteiger partial charge >= 0.3 is 0 Å². The minimum atomic E-state index is 0.544. The lowest BCUT2D eigenvalue weighted by atomic mass is 10.1. The van der Waals surface area contributed by atoms with Gasteiger partial charge in [0.1, 0.15) is 11.0 Å². The first-order chi connectivity index (χ1) is 18.8. The number of aromatic nitrogens is 2. The Morgan fingerprint density at radius 2 is 1.26 bits per heavy atom. The fourth-order valence-electron chi connectivity index (χ4n) is 4.95. The van der Waals surface area contributed by atoms with Gasteiger partial charge in [-0.15, -0.1) is 0 Å². The van der Waals surface area contributed by atoms with Gasteiger partial charge in [-0.3, -0.25) is 0 Å². The summed E-state index contributed by atoms with van der Waals surface area (Å²) in [6.07, 6.45) is 10.00. The Kier molecular flexibility index (Phi) is 10.3. The number of fused-ring (bicyclic) bond motifs is 2. The Balaban J connectivity index is 1.33. The van der Waals surface area contributed by atoms with Gasteiger partial charge < -0.3 is 29.7 Å². The van der Waals surface area contributed by atoms with E-state index in [4.69, 9.17) is 20.3 Å². The smallest absolute Gasteiger partial charge is 0.220 e. The number of nitrogens with two attached hydrogens (primary N) is 2. The molecule has 0 fully saturated rings. The number of quaternary nitrogens is 1. The number of benzene rings is 2. The van der Waals surface area contributed by atoms with Gasteiger partial charge in [-0.1, -0.05) is 12.1 Å². The van der Waals surface area contributed by atoms with Crippen molar-refractivity contribution in [1.82, 2.24) is 14.9 Å². The van der Waals surface area contributed by atoms with Gasteiger partial charge in [-0.25, -0.2) is 9.97 Å². The molecule has 4 aromatic rings. The maximum atomic E-state index is 5.94. The van der Waals surface area contributed by atoms with Crippen LogP contribution in [-0.4, -0.2) is 79.8 Å². The second kappa shape index (κ2) is 13.8. The van der Waals surface area contributed by atoms with Gasteiger partial charge in [-0.05, 0) is 94.3 Å². The Hall–Kier alpha value is -3.04. The zero-order valence-corrected chi connectivity index (χ0v) is 23.9. The van der Waals surface area contributed by atoms with Crippen LogP contribution in [0.15, 0.2) is 45.2 Å². The number of hydrogen-bond donors (Lipinski definition) is 2. The van der Waals surface area contributed by atoms with Crippen LogP contribution >= 0.6 is 0 Å². The van der Waals surface area contributed by atoms with Gasteiger partial charge in [0.05, 0.1) is 27.2 Å². The van der Waals surface area contributed by atoms with Crippen molar-refractivity contribution in [2.24, 2.45) is 11.5 Å². The number of oxazole rings is 2. The molecular weight excluding hydrogens is 488 g/mol. The molecule has 210 valence electrons. The first-order valence-corrected chi connectivity index (χ1v) is 14.2. The average molecular weight is 534 g/mol. The highest BCUT2D eigenvalue weighted by Crippen LogP contribution is 2.22. The van der Waals surface area contributed by atoms with E-state index in [-0.39, 0.29) is 0 Å². The van der Waals surface area contributed by atoms with Gasteiger partial charge in [0.15, 0.2) is 11.2 Å². The van der Waals surface area contributed by atoms with Gasteiger partial charge in [0, 0.05) is 25.0 Å². The summed E-state index contributed by atoms with van der Waals surface area (Å²) in [6, 6.07) is 12.5. The summed E-state index contributed by atoms with van der Waals surface area (Å²) >= 11 is 0. The highest BCUT2D eigenvalue weighted by Gasteiger charge is 2.14. The predicted octanol–water partition coefficient (Wildman–Crippen LogP) is 4.71. The van der Waals surface area contributed by atoms with Gasteiger partial charge in [0.2, 0.25) is 11.8 Å². The average Bonchev–Trinajstić information content (AvgIpc) is 3.52. The summed E-state index contributed by atoms with van der Waals surface area (Å²) in [4.78, 5) is 11.7. The van der Waals surface area contributed by atoms with Crippen LogP contribution in [-0.2, 0) is 12.8 Å². The van der Waals surface area contributed by atoms with Crippen LogP contribution in [0, 0.1) is 0 Å². The monoisotopic (exact) mass is 533 g/mol. The van der Waals surface area contributed by atoms with Crippen molar-refractivity contribution in [2.45, 2.75) is 38.5 Å². The van der Waals surface area contributed by atoms with Crippen LogP contribution < -0.4 is 11.5 Å². The summed E-state index contributed by atoms with van der Waals surface area (Å²) in [7, 11) is 6.70. The SMILES string of the molecule is CN(CCCN)CCCc1ccc2oc(/C=C/c3nc4cc(CCC[N+](C)(C)CCCN)ccc4o3)nc2c1. The Morgan fingerprint density at radius 3 is 1.82 bits per heavy atom. The molecule has 0 radical (unpaired) electrons. The first kappa shape index (κ1) is 29.0. The molecule has 0 spiro atoms. The van der Waals surface area contributed by atoms with Gasteiger partial charge in [-0.2, -0.15) is 0 Å². The van der Waals surface area contributed by atoms with Crippen LogP contribution in [0.1, 0.15) is 48.6 Å². The molecule has 8 heteroatoms. The number of nitrogens with zero attached hydrogens (tertiary/aromatic N) is 4. The molecule has 0 bridgehead atoms. The Labute approximate surface area is 232 Å². The molecule has 0 unspecified atom stereocenters. The van der Waals surface area contributed by atoms with E-state index in [1.807, 2.05) is 24.3 Å². The number of hydrogen-bond acceptors (Lipinski definition) is 7. The topological polar surface area (TPSA) is 107 Å². The molecule has 2 heterocycles. The standard InChI is InChI=1S/C31H45N6O2/c1-36(19-6-16-32)18-4-8-24-10-12-28-26(22-24)34-30(38-28)14-15-31-35-27-23-25(11-13-29(27)39-31)9-5-20-37(2,3)21-7-17-33/h10-15,22-23H,4-9,16-21,32-33H2,1-3H3/q+1/b15-14+. The van der Waals surface area contributed by atoms with E-state index in [0.29, 0.717) is 11.8 Å². The molecular formula is C31H45N6O2+. The van der Waals surface area contributed by atoms with Crippen LogP contribution in [0.3, 0.4) is 0 Å². The maximum absolute atomic E-state index is 5.94. The normalized spacial score (nSPS) is 12.6. The molecule has 0 saturated heterocycles. The quantitative estimate of drug-likeness (QED) is 0.201. The fraction of sp³-hybridized carbons (Fsp3) is 0.484. The van der Waals surface area contributed by atoms with Crippen molar-refractivity contribution >= 4 is 34.4 Å². The molecule has 0 saturated carbocycles. The molecule has 0 amide bonds. The maximum Gasteiger partial charge on any atom is 0.220 e. The zero-order valence-electron chi connectivity index (χ0n) is 23.9. The largest absolute Gasteiger partial charge is 0.437 e. The zero-order chi connectivity index (χ0) is 27.7. The third kappa shape index (κ3) is 8.73. The van der Waals surface area contributed by atoms with E-state index in [1.165, 1.54) is 11.1 Å². The highest BCUT2D eigenvalue weighted by molar-refractivity contribution is 5.78. The van der Waals surface area contributed by atoms with Crippen LogP contribution in [0.4, 0.5) is 0 Å². The Bertz CT molecular complexity index is 1360. The third-order valence-corrected chi connectivity index (χ3v) is 7.25. The second-order valence-corrected chi connectivity index (χ2v) is 11.2. The molecule has 0 atom stereocenters. The van der Waals surface area contributed by atoms with Crippen molar-refractivity contribution in [3.63, 3.8) is 0 Å². The van der Waals surface area contributed by atoms with Crippen molar-refractivity contribution in [3.05, 3.63) is 59.3 Å². The van der Waals surface area contributed by atoms with E-state index < -0.39 is 0 Å². The van der Waals surface area contributed by atoms with E-state index in [2.05, 4.69) is 60.3 Å². The summed E-state index contributed by atoms with van der Waals surface area (Å²) in [5, 5.41) is 0. The molecule has 4 rings (SSSR count). The van der Waals surface area contributed by atoms with Crippen molar-refractivity contribution in [2.75, 3.05) is 60.4 Å². The predicted molar refractivity (Wildman–Crippen MR) is 160 cm³/mol. The molecule has 2 aromatic carbocycles. The first-order valence-electron chi connectivity index (χ1n) is 14.2. The minimum Gasteiger partial charge on any atom is -0.437 e. The summed E-state index contributed by atoms with van der Waals surface area (Å²) < 4.78 is 12.9. The van der Waals surface area contributed by atoms with Gasteiger partial charge in [0.25, 0.3) is 0 Å². The van der Waals surface area contributed by atoms with Crippen molar-refractivity contribution < 1.29 is 13.3 Å². The molecule has 0 aliphatic rings. The number of rotatable bonds is 16. The molecule has 0 aliphatic carbocycles. The fourth-order valence-corrected chi connectivity index (χ4v) is 4.95. The minimum absolute atomic E-state index is 0.544. The van der Waals surface area contributed by atoms with E-state index in [9.17, 15) is 0 Å². The Morgan fingerprint density at radius 1 is 0.744 bits per heavy atom. The number of aryl methyl sites for hydroxylation is 2. The van der Waals surface area contributed by atoms with Crippen LogP contribution in [0.2, 0.25) is 0 Å². The summed E-state index contributed by atoms with van der Waals surface area (Å²) in [5.74, 6) is 1.09. The molecule has 39 heavy (non-hydrogen) atoms. The van der Waals surface area contributed by atoms with Crippen LogP contribution in [0.5, 0.6) is 0 Å². The second-order valence-electron chi connectivity index (χ2n) is 11.2. The molecule has 4 N–H and O–H groups in total. The summed E-state index contributed by atoms with van der Waals surface area (Å²) in [6.45, 7) is 5.84. The lowest BCUT2D eigenvalue weighted by Gasteiger charge is -2.29. The molecule has 8 nitrogen and oxygen atoms in total. The molecule has 2 aromatic heterocycles. The van der Waals surface area contributed by atoms with Crippen molar-refractivity contribution in [1.29, 1.82) is 0 Å². The van der Waals surface area contributed by atoms with Crippen molar-refractivity contribution in [3.8, 4) is 0 Å². The van der Waals surface area contributed by atoms with E-state index in [1.54, 1.807) is 0 Å². The van der Waals surface area contributed by atoms with E-state index >= 15 is 0 Å². The van der Waals surface area contributed by atoms with E-state index in [0.717, 1.165) is 104 Å². The lowest BCUT2D eigenvalue weighted by Crippen LogP contribution is -2.42. The lowest BCUT2D eigenvalue weighted by molar-refractivity contribution is -0.890. The van der Waals surface area contributed by atoms with Crippen LogP contribution in [0.25, 0.3) is 34.4 Å².